The van der Waals surface area contributed by atoms with Gasteiger partial charge in [0.05, 0.1) is 12.2 Å². The van der Waals surface area contributed by atoms with Gasteiger partial charge in [-0.1, -0.05) is 30.3 Å². The van der Waals surface area contributed by atoms with Gasteiger partial charge in [-0.15, -0.1) is 11.3 Å². The zero-order chi connectivity index (χ0) is 12.3. The van der Waals surface area contributed by atoms with Crippen molar-refractivity contribution in [1.29, 1.82) is 0 Å². The number of nitrogens with two attached hydrogens (primary N) is 1. The average Bonchev–Trinajstić information content (AvgIpc) is 2.78. The number of thiazole rings is 1. The van der Waals surface area contributed by atoms with E-state index in [2.05, 4.69) is 4.98 Å². The minimum Gasteiger partial charge on any atom is -0.350 e. The fourth-order valence-electron chi connectivity index (χ4n) is 1.32. The number of urea groups is 1. The molecule has 0 aliphatic heterocycles. The standard InChI is InChI=1S/C11H11N3O2S/c12-11(15)14(16)6-9-7-17-10(13-9)8-4-2-1-3-5-8/h1-5,7,16H,6H2,(H2,12,15). The van der Waals surface area contributed by atoms with Crippen LogP contribution in [-0.4, -0.2) is 21.3 Å². The molecule has 0 saturated heterocycles. The molecule has 0 bridgehead atoms. The highest BCUT2D eigenvalue weighted by atomic mass is 32.1. The van der Waals surface area contributed by atoms with Crippen LogP contribution in [0, 0.1) is 0 Å². The quantitative estimate of drug-likeness (QED) is 0.645. The molecular weight excluding hydrogens is 238 g/mol. The fraction of sp³-hybridized carbons (Fsp3) is 0.0909. The van der Waals surface area contributed by atoms with Gasteiger partial charge in [0.15, 0.2) is 0 Å². The molecule has 1 heterocycles. The number of carbonyl (C=O) groups is 1. The van der Waals surface area contributed by atoms with Crippen molar-refractivity contribution in [1.82, 2.24) is 10.0 Å². The van der Waals surface area contributed by atoms with Gasteiger partial charge in [-0.2, -0.15) is 0 Å². The van der Waals surface area contributed by atoms with Gasteiger partial charge in [0.2, 0.25) is 0 Å². The first-order chi connectivity index (χ1) is 8.16. The van der Waals surface area contributed by atoms with E-state index in [1.165, 1.54) is 11.3 Å². The van der Waals surface area contributed by atoms with Crippen LogP contribution in [0.15, 0.2) is 35.7 Å². The van der Waals surface area contributed by atoms with E-state index in [0.717, 1.165) is 10.6 Å². The van der Waals surface area contributed by atoms with Gasteiger partial charge in [-0.25, -0.2) is 14.8 Å². The smallest absolute Gasteiger partial charge is 0.338 e. The lowest BCUT2D eigenvalue weighted by molar-refractivity contribution is -0.0478. The van der Waals surface area contributed by atoms with Gasteiger partial charge < -0.3 is 5.73 Å². The Morgan fingerprint density at radius 2 is 2.12 bits per heavy atom. The second-order valence-corrected chi connectivity index (χ2v) is 4.26. The van der Waals surface area contributed by atoms with Crippen LogP contribution in [0.1, 0.15) is 5.69 Å². The van der Waals surface area contributed by atoms with Crippen LogP contribution in [0.25, 0.3) is 10.6 Å². The predicted octanol–water partition coefficient (Wildman–Crippen LogP) is 2.08. The summed E-state index contributed by atoms with van der Waals surface area (Å²) < 4.78 is 0. The summed E-state index contributed by atoms with van der Waals surface area (Å²) in [4.78, 5) is 15.0. The third kappa shape index (κ3) is 2.80. The Kier molecular flexibility index (Phi) is 3.36. The summed E-state index contributed by atoms with van der Waals surface area (Å²) in [7, 11) is 0. The maximum absolute atomic E-state index is 10.7. The molecule has 6 heteroatoms. The highest BCUT2D eigenvalue weighted by Crippen LogP contribution is 2.23. The SMILES string of the molecule is NC(=O)N(O)Cc1csc(-c2ccccc2)n1. The molecule has 0 saturated carbocycles. The molecule has 0 aliphatic carbocycles. The Labute approximate surface area is 102 Å². The number of rotatable bonds is 3. The molecule has 0 radical (unpaired) electrons. The van der Waals surface area contributed by atoms with Gasteiger partial charge in [-0.3, -0.25) is 5.21 Å². The maximum atomic E-state index is 10.7. The van der Waals surface area contributed by atoms with Crippen LogP contribution in [0.4, 0.5) is 4.79 Å². The second-order valence-electron chi connectivity index (χ2n) is 3.41. The summed E-state index contributed by atoms with van der Waals surface area (Å²) in [5.74, 6) is 0. The van der Waals surface area contributed by atoms with Crippen molar-refractivity contribution in [3.05, 3.63) is 41.4 Å². The van der Waals surface area contributed by atoms with E-state index in [9.17, 15) is 10.0 Å². The monoisotopic (exact) mass is 249 g/mol. The number of amides is 2. The number of benzene rings is 1. The van der Waals surface area contributed by atoms with E-state index in [4.69, 9.17) is 5.73 Å². The Bertz CT molecular complexity index is 512. The normalized spacial score (nSPS) is 10.2. The highest BCUT2D eigenvalue weighted by Gasteiger charge is 2.10. The third-order valence-electron chi connectivity index (χ3n) is 2.14. The second kappa shape index (κ2) is 4.94. The van der Waals surface area contributed by atoms with E-state index in [-0.39, 0.29) is 6.54 Å². The number of carbonyl (C=O) groups excluding carboxylic acids is 1. The van der Waals surface area contributed by atoms with Crippen molar-refractivity contribution in [2.75, 3.05) is 0 Å². The molecule has 2 aromatic rings. The van der Waals surface area contributed by atoms with Crippen molar-refractivity contribution in [2.24, 2.45) is 5.73 Å². The van der Waals surface area contributed by atoms with Gasteiger partial charge in [0, 0.05) is 10.9 Å². The highest BCUT2D eigenvalue weighted by molar-refractivity contribution is 7.13. The molecule has 0 aliphatic rings. The molecule has 5 nitrogen and oxygen atoms in total. The molecule has 0 atom stereocenters. The van der Waals surface area contributed by atoms with Crippen molar-refractivity contribution >= 4 is 17.4 Å². The van der Waals surface area contributed by atoms with Gasteiger partial charge >= 0.3 is 6.03 Å². The van der Waals surface area contributed by atoms with E-state index in [1.54, 1.807) is 5.38 Å². The summed E-state index contributed by atoms with van der Waals surface area (Å²) in [5.41, 5.74) is 6.53. The molecule has 2 amide bonds. The number of primary amides is 1. The molecule has 0 fully saturated rings. The molecular formula is C11H11N3O2S. The largest absolute Gasteiger partial charge is 0.350 e. The summed E-state index contributed by atoms with van der Waals surface area (Å²) in [6, 6.07) is 8.80. The summed E-state index contributed by atoms with van der Waals surface area (Å²) in [6.45, 7) is -0.00132. The maximum Gasteiger partial charge on any atom is 0.338 e. The topological polar surface area (TPSA) is 79.5 Å². The lowest BCUT2D eigenvalue weighted by Crippen LogP contribution is -2.32. The lowest BCUT2D eigenvalue weighted by Gasteiger charge is -2.08. The fourth-order valence-corrected chi connectivity index (χ4v) is 2.14. The number of aromatic nitrogens is 1. The molecule has 3 N–H and O–H groups in total. The Morgan fingerprint density at radius 1 is 1.41 bits per heavy atom. The van der Waals surface area contributed by atoms with Crippen LogP contribution in [-0.2, 0) is 6.54 Å². The van der Waals surface area contributed by atoms with E-state index >= 15 is 0 Å². The Balaban J connectivity index is 2.14. The number of hydroxylamine groups is 2. The predicted molar refractivity (Wildman–Crippen MR) is 64.5 cm³/mol. The minimum absolute atomic E-state index is 0.00132. The van der Waals surface area contributed by atoms with E-state index < -0.39 is 6.03 Å². The number of hydrogen-bond acceptors (Lipinski definition) is 4. The molecule has 0 spiro atoms. The van der Waals surface area contributed by atoms with Crippen molar-refractivity contribution < 1.29 is 10.0 Å². The summed E-state index contributed by atoms with van der Waals surface area (Å²) >= 11 is 1.46. The third-order valence-corrected chi connectivity index (χ3v) is 3.08. The summed E-state index contributed by atoms with van der Waals surface area (Å²) in [5, 5.41) is 12.2. The Morgan fingerprint density at radius 3 is 2.76 bits per heavy atom. The van der Waals surface area contributed by atoms with Crippen molar-refractivity contribution in [3.8, 4) is 10.6 Å². The first-order valence-electron chi connectivity index (χ1n) is 4.92. The van der Waals surface area contributed by atoms with Crippen LogP contribution in [0.3, 0.4) is 0 Å². The molecule has 1 aromatic heterocycles. The molecule has 1 aromatic carbocycles. The first kappa shape index (κ1) is 11.6. The van der Waals surface area contributed by atoms with E-state index in [1.807, 2.05) is 30.3 Å². The zero-order valence-corrected chi connectivity index (χ0v) is 9.72. The van der Waals surface area contributed by atoms with Crippen molar-refractivity contribution in [3.63, 3.8) is 0 Å². The molecule has 88 valence electrons. The first-order valence-corrected chi connectivity index (χ1v) is 5.80. The van der Waals surface area contributed by atoms with Crippen molar-refractivity contribution in [2.45, 2.75) is 6.54 Å². The van der Waals surface area contributed by atoms with Crippen LogP contribution in [0.5, 0.6) is 0 Å². The average molecular weight is 249 g/mol. The summed E-state index contributed by atoms with van der Waals surface area (Å²) in [6.07, 6.45) is 0. The van der Waals surface area contributed by atoms with Crippen LogP contribution in [0.2, 0.25) is 0 Å². The van der Waals surface area contributed by atoms with Gasteiger partial charge in [-0.05, 0) is 0 Å². The van der Waals surface area contributed by atoms with Crippen LogP contribution >= 0.6 is 11.3 Å². The van der Waals surface area contributed by atoms with Crippen LogP contribution < -0.4 is 5.73 Å². The van der Waals surface area contributed by atoms with Gasteiger partial charge in [0.1, 0.15) is 5.01 Å². The molecule has 17 heavy (non-hydrogen) atoms. The lowest BCUT2D eigenvalue weighted by atomic mass is 10.2. The zero-order valence-electron chi connectivity index (χ0n) is 8.91. The Hall–Kier alpha value is -1.92. The molecule has 2 rings (SSSR count). The number of nitrogens with zero attached hydrogens (tertiary/aromatic N) is 2. The number of hydrogen-bond donors (Lipinski definition) is 2. The van der Waals surface area contributed by atoms with Gasteiger partial charge in [0.25, 0.3) is 0 Å². The molecule has 0 unspecified atom stereocenters. The van der Waals surface area contributed by atoms with E-state index in [0.29, 0.717) is 10.8 Å². The minimum atomic E-state index is -0.890.